The van der Waals surface area contributed by atoms with Crippen molar-refractivity contribution in [3.8, 4) is 11.5 Å². The number of nitrogens with one attached hydrogen (secondary N) is 1. The maximum atomic E-state index is 12.4. The zero-order chi connectivity index (χ0) is 18.9. The number of carbonyl (C=O) groups excluding carboxylic acids is 1. The van der Waals surface area contributed by atoms with Gasteiger partial charge in [-0.2, -0.15) is 0 Å². The predicted octanol–water partition coefficient (Wildman–Crippen LogP) is 3.43. The van der Waals surface area contributed by atoms with Crippen molar-refractivity contribution in [2.75, 3.05) is 13.7 Å². The number of hydrogen-bond acceptors (Lipinski definition) is 4. The number of methoxy groups -OCH3 is 1. The highest BCUT2D eigenvalue weighted by atomic mass is 16.5. The Kier molecular flexibility index (Phi) is 7.02. The summed E-state index contributed by atoms with van der Waals surface area (Å²) in [4.78, 5) is 23.6. The van der Waals surface area contributed by atoms with Gasteiger partial charge >= 0.3 is 5.97 Å². The molecular formula is C20H23NO5. The smallest absolute Gasteiger partial charge is 0.305 e. The zero-order valence-electron chi connectivity index (χ0n) is 14.9. The fraction of sp³-hybridized carbons (Fsp3) is 0.300. The second kappa shape index (κ2) is 9.46. The maximum Gasteiger partial charge on any atom is 0.305 e. The molecule has 1 atom stereocenters. The summed E-state index contributed by atoms with van der Waals surface area (Å²) in [5.74, 6) is 0.0269. The number of rotatable bonds is 9. The van der Waals surface area contributed by atoms with E-state index < -0.39 is 12.0 Å². The normalized spacial score (nSPS) is 11.5. The molecule has 0 aliphatic heterocycles. The van der Waals surface area contributed by atoms with E-state index in [0.717, 1.165) is 6.42 Å². The second-order valence-electron chi connectivity index (χ2n) is 5.77. The molecule has 0 saturated heterocycles. The molecule has 0 heterocycles. The van der Waals surface area contributed by atoms with Crippen LogP contribution in [0.5, 0.6) is 11.5 Å². The first kappa shape index (κ1) is 19.3. The first-order valence-corrected chi connectivity index (χ1v) is 8.43. The average molecular weight is 357 g/mol. The van der Waals surface area contributed by atoms with Crippen molar-refractivity contribution in [2.24, 2.45) is 0 Å². The first-order valence-electron chi connectivity index (χ1n) is 8.43. The molecule has 0 saturated carbocycles. The predicted molar refractivity (Wildman–Crippen MR) is 97.7 cm³/mol. The van der Waals surface area contributed by atoms with E-state index in [2.05, 4.69) is 5.32 Å². The van der Waals surface area contributed by atoms with Gasteiger partial charge in [-0.15, -0.1) is 0 Å². The van der Waals surface area contributed by atoms with Gasteiger partial charge in [0, 0.05) is 5.56 Å². The number of aliphatic carboxylic acids is 1. The van der Waals surface area contributed by atoms with Gasteiger partial charge in [0.1, 0.15) is 11.5 Å². The Morgan fingerprint density at radius 3 is 2.19 bits per heavy atom. The molecule has 0 radical (unpaired) electrons. The Labute approximate surface area is 152 Å². The van der Waals surface area contributed by atoms with E-state index >= 15 is 0 Å². The molecular weight excluding hydrogens is 334 g/mol. The van der Waals surface area contributed by atoms with E-state index in [0.29, 0.717) is 29.2 Å². The van der Waals surface area contributed by atoms with Gasteiger partial charge in [-0.1, -0.05) is 19.1 Å². The fourth-order valence-electron chi connectivity index (χ4n) is 2.43. The van der Waals surface area contributed by atoms with Crippen LogP contribution in [0, 0.1) is 0 Å². The highest BCUT2D eigenvalue weighted by Crippen LogP contribution is 2.22. The second-order valence-corrected chi connectivity index (χ2v) is 5.77. The standard InChI is InChI=1S/C20H23NO5/c1-3-12-26-17-10-4-14(5-11-17)18(13-19(22)23)21-20(24)15-6-8-16(25-2)9-7-15/h4-11,18H,3,12-13H2,1-2H3,(H,21,24)(H,22,23)/t18-/m1/s1. The lowest BCUT2D eigenvalue weighted by atomic mass is 10.0. The number of carboxylic acids is 1. The van der Waals surface area contributed by atoms with Crippen LogP contribution >= 0.6 is 0 Å². The van der Waals surface area contributed by atoms with Crippen molar-refractivity contribution >= 4 is 11.9 Å². The number of hydrogen-bond donors (Lipinski definition) is 2. The SMILES string of the molecule is CCCOc1ccc([C@@H](CC(=O)O)NC(=O)c2ccc(OC)cc2)cc1. The molecule has 2 N–H and O–H groups in total. The molecule has 26 heavy (non-hydrogen) atoms. The molecule has 6 nitrogen and oxygen atoms in total. The zero-order valence-corrected chi connectivity index (χ0v) is 14.9. The monoisotopic (exact) mass is 357 g/mol. The Bertz CT molecular complexity index is 725. The number of carbonyl (C=O) groups is 2. The van der Waals surface area contributed by atoms with E-state index in [1.54, 1.807) is 55.6 Å². The summed E-state index contributed by atoms with van der Waals surface area (Å²) in [5.41, 5.74) is 1.14. The van der Waals surface area contributed by atoms with Crippen molar-refractivity contribution in [1.29, 1.82) is 0 Å². The van der Waals surface area contributed by atoms with Crippen molar-refractivity contribution in [1.82, 2.24) is 5.32 Å². The number of carboxylic acid groups (broad SMARTS) is 1. The molecule has 0 spiro atoms. The van der Waals surface area contributed by atoms with Gasteiger partial charge in [0.15, 0.2) is 0 Å². The van der Waals surface area contributed by atoms with Crippen LogP contribution in [0.25, 0.3) is 0 Å². The van der Waals surface area contributed by atoms with Gasteiger partial charge in [-0.25, -0.2) is 0 Å². The highest BCUT2D eigenvalue weighted by molar-refractivity contribution is 5.94. The lowest BCUT2D eigenvalue weighted by Gasteiger charge is -2.18. The van der Waals surface area contributed by atoms with Gasteiger partial charge in [-0.05, 0) is 48.4 Å². The summed E-state index contributed by atoms with van der Waals surface area (Å²) in [5, 5.41) is 12.0. The Morgan fingerprint density at radius 2 is 1.65 bits per heavy atom. The highest BCUT2D eigenvalue weighted by Gasteiger charge is 2.19. The van der Waals surface area contributed by atoms with Crippen molar-refractivity contribution < 1.29 is 24.2 Å². The fourth-order valence-corrected chi connectivity index (χ4v) is 2.43. The lowest BCUT2D eigenvalue weighted by Crippen LogP contribution is -2.30. The van der Waals surface area contributed by atoms with Crippen LogP contribution in [0.2, 0.25) is 0 Å². The summed E-state index contributed by atoms with van der Waals surface area (Å²) in [6.07, 6.45) is 0.693. The molecule has 0 aliphatic rings. The number of ether oxygens (including phenoxy) is 2. The van der Waals surface area contributed by atoms with Crippen molar-refractivity contribution in [2.45, 2.75) is 25.8 Å². The molecule has 0 bridgehead atoms. The van der Waals surface area contributed by atoms with Crippen molar-refractivity contribution in [3.05, 3.63) is 59.7 Å². The first-order chi connectivity index (χ1) is 12.5. The number of amides is 1. The van der Waals surface area contributed by atoms with Crippen molar-refractivity contribution in [3.63, 3.8) is 0 Å². The summed E-state index contributed by atoms with van der Waals surface area (Å²) < 4.78 is 10.6. The molecule has 138 valence electrons. The van der Waals surface area contributed by atoms with Gasteiger partial charge in [-0.3, -0.25) is 9.59 Å². The van der Waals surface area contributed by atoms with Gasteiger partial charge < -0.3 is 19.9 Å². The molecule has 2 aromatic carbocycles. The van der Waals surface area contributed by atoms with Gasteiger partial charge in [0.2, 0.25) is 0 Å². The molecule has 0 fully saturated rings. The third-order valence-electron chi connectivity index (χ3n) is 3.79. The van der Waals surface area contributed by atoms with E-state index in [4.69, 9.17) is 9.47 Å². The molecule has 2 aromatic rings. The van der Waals surface area contributed by atoms with Crippen LogP contribution in [-0.4, -0.2) is 30.7 Å². The summed E-state index contributed by atoms with van der Waals surface area (Å²) in [6, 6.07) is 13.1. The van der Waals surface area contributed by atoms with E-state index in [-0.39, 0.29) is 12.3 Å². The maximum absolute atomic E-state index is 12.4. The topological polar surface area (TPSA) is 84.9 Å². The largest absolute Gasteiger partial charge is 0.497 e. The average Bonchev–Trinajstić information content (AvgIpc) is 2.66. The van der Waals surface area contributed by atoms with Crippen LogP contribution in [0.15, 0.2) is 48.5 Å². The molecule has 0 aliphatic carbocycles. The Morgan fingerprint density at radius 1 is 1.04 bits per heavy atom. The van der Waals surface area contributed by atoms with Crippen LogP contribution in [0.3, 0.4) is 0 Å². The minimum absolute atomic E-state index is 0.211. The van der Waals surface area contributed by atoms with Crippen LogP contribution in [-0.2, 0) is 4.79 Å². The Balaban J connectivity index is 2.12. The van der Waals surface area contributed by atoms with Crippen LogP contribution in [0.1, 0.15) is 41.7 Å². The molecule has 1 amide bonds. The Hall–Kier alpha value is -3.02. The van der Waals surface area contributed by atoms with Gasteiger partial charge in [0.05, 0.1) is 26.2 Å². The van der Waals surface area contributed by atoms with Crippen LogP contribution < -0.4 is 14.8 Å². The summed E-state index contributed by atoms with van der Waals surface area (Å²) >= 11 is 0. The van der Waals surface area contributed by atoms with E-state index in [9.17, 15) is 14.7 Å². The summed E-state index contributed by atoms with van der Waals surface area (Å²) in [6.45, 7) is 2.64. The number of benzene rings is 2. The minimum Gasteiger partial charge on any atom is -0.497 e. The quantitative estimate of drug-likeness (QED) is 0.718. The van der Waals surface area contributed by atoms with E-state index in [1.165, 1.54) is 0 Å². The van der Waals surface area contributed by atoms with E-state index in [1.807, 2.05) is 6.92 Å². The van der Waals surface area contributed by atoms with Gasteiger partial charge in [0.25, 0.3) is 5.91 Å². The third-order valence-corrected chi connectivity index (χ3v) is 3.79. The lowest BCUT2D eigenvalue weighted by molar-refractivity contribution is -0.137. The third kappa shape index (κ3) is 5.51. The molecule has 0 aromatic heterocycles. The summed E-state index contributed by atoms with van der Waals surface area (Å²) in [7, 11) is 1.55. The minimum atomic E-state index is -0.989. The molecule has 2 rings (SSSR count). The molecule has 6 heteroatoms. The molecule has 0 unspecified atom stereocenters. The van der Waals surface area contributed by atoms with Crippen LogP contribution in [0.4, 0.5) is 0 Å².